The van der Waals surface area contributed by atoms with Gasteiger partial charge in [0.05, 0.1) is 23.3 Å². The third-order valence-electron chi connectivity index (χ3n) is 0.997. The Hall–Kier alpha value is -0.530. The third kappa shape index (κ3) is 1.73. The van der Waals surface area contributed by atoms with Crippen LogP contribution < -0.4 is 0 Å². The third-order valence-corrected chi connectivity index (χ3v) is 2.14. The summed E-state index contributed by atoms with van der Waals surface area (Å²) in [5.41, 5.74) is -0.0726. The minimum atomic E-state index is -0.228. The van der Waals surface area contributed by atoms with Gasteiger partial charge in [-0.15, -0.1) is 0 Å². The van der Waals surface area contributed by atoms with E-state index in [0.29, 0.717) is 0 Å². The molecule has 0 amide bonds. The molecule has 0 aliphatic heterocycles. The number of nitriles is 1. The van der Waals surface area contributed by atoms with Gasteiger partial charge in [0.1, 0.15) is 5.75 Å². The average Bonchev–Trinajstić information content (AvgIpc) is 2.13. The van der Waals surface area contributed by atoms with Crippen LogP contribution >= 0.6 is 31.9 Å². The van der Waals surface area contributed by atoms with E-state index in [0.717, 1.165) is 0 Å². The molecule has 11 heavy (non-hydrogen) atoms. The summed E-state index contributed by atoms with van der Waals surface area (Å²) in [5, 5.41) is 18.0. The minimum absolute atomic E-state index is 0.0726. The van der Waals surface area contributed by atoms with Gasteiger partial charge in [0.2, 0.25) is 0 Å². The van der Waals surface area contributed by atoms with E-state index in [1.807, 2.05) is 0 Å². The molecule has 0 saturated heterocycles. The van der Waals surface area contributed by atoms with E-state index in [2.05, 4.69) is 31.9 Å². The van der Waals surface area contributed by atoms with Crippen molar-refractivity contribution in [1.82, 2.24) is 0 Å². The Bertz CT molecular complexity index is 385. The maximum atomic E-state index is 9.34. The van der Waals surface area contributed by atoms with E-state index in [1.165, 1.54) is 0 Å². The van der Waals surface area contributed by atoms with Crippen molar-refractivity contribution in [3.05, 3.63) is 26.6 Å². The van der Waals surface area contributed by atoms with Gasteiger partial charge in [0.15, 0.2) is 0 Å². The topological polar surface area (TPSA) is 44.0 Å². The maximum absolute atomic E-state index is 9.34. The Morgan fingerprint density at radius 3 is 2.27 bits per heavy atom. The number of phenols is 1. The van der Waals surface area contributed by atoms with Gasteiger partial charge >= 0.3 is 0 Å². The molecule has 0 aliphatic rings. The standard InChI is InChI=1S/C7H3Br2NO/c8-5-1-4(3-10)2-6(9)7(5)11/h1-2,11H/i1D,2D. The number of hydrogen-bond donors (Lipinski definition) is 1. The van der Waals surface area contributed by atoms with Gasteiger partial charge in [0.25, 0.3) is 0 Å². The molecule has 0 aliphatic carbocycles. The first-order valence-electron chi connectivity index (χ1n) is 3.58. The van der Waals surface area contributed by atoms with E-state index in [-0.39, 0.29) is 32.3 Å². The van der Waals surface area contributed by atoms with Gasteiger partial charge < -0.3 is 5.11 Å². The zero-order valence-corrected chi connectivity index (χ0v) is 8.32. The van der Waals surface area contributed by atoms with Crippen molar-refractivity contribution in [2.24, 2.45) is 0 Å². The van der Waals surface area contributed by atoms with Crippen LogP contribution in [-0.2, 0) is 0 Å². The van der Waals surface area contributed by atoms with Crippen LogP contribution in [0, 0.1) is 11.3 Å². The Labute approximate surface area is 83.5 Å². The van der Waals surface area contributed by atoms with E-state index >= 15 is 0 Å². The highest BCUT2D eigenvalue weighted by Gasteiger charge is 2.04. The van der Waals surface area contributed by atoms with Crippen LogP contribution in [0.5, 0.6) is 5.75 Å². The Balaban J connectivity index is 3.69. The monoisotopic (exact) mass is 277 g/mol. The number of hydrogen-bond acceptors (Lipinski definition) is 2. The largest absolute Gasteiger partial charge is 0.506 e. The second-order valence-corrected chi connectivity index (χ2v) is 3.30. The van der Waals surface area contributed by atoms with Crippen molar-refractivity contribution >= 4 is 31.9 Å². The normalized spacial score (nSPS) is 11.7. The van der Waals surface area contributed by atoms with Crippen LogP contribution in [0.1, 0.15) is 8.30 Å². The molecular formula is C7H3Br2NO. The first-order valence-corrected chi connectivity index (χ1v) is 4.16. The zero-order valence-electron chi connectivity index (χ0n) is 7.15. The molecule has 1 aromatic rings. The summed E-state index contributed by atoms with van der Waals surface area (Å²) in [4.78, 5) is 0. The predicted octanol–water partition coefficient (Wildman–Crippen LogP) is 2.79. The molecule has 0 bridgehead atoms. The lowest BCUT2D eigenvalue weighted by molar-refractivity contribution is 0.468. The zero-order chi connectivity index (χ0) is 10.2. The first kappa shape index (κ1) is 6.04. The second-order valence-electron chi connectivity index (χ2n) is 1.71. The molecule has 0 unspecified atom stereocenters. The summed E-state index contributed by atoms with van der Waals surface area (Å²) < 4.78 is 15.0. The summed E-state index contributed by atoms with van der Waals surface area (Å²) >= 11 is 5.91. The van der Waals surface area contributed by atoms with Crippen LogP contribution in [-0.4, -0.2) is 5.11 Å². The van der Waals surface area contributed by atoms with Gasteiger partial charge in [-0.2, -0.15) is 5.26 Å². The second kappa shape index (κ2) is 3.24. The van der Waals surface area contributed by atoms with Crippen molar-refractivity contribution in [1.29, 1.82) is 5.26 Å². The van der Waals surface area contributed by atoms with Gasteiger partial charge in [-0.3, -0.25) is 0 Å². The smallest absolute Gasteiger partial charge is 0.144 e. The van der Waals surface area contributed by atoms with Gasteiger partial charge in [-0.25, -0.2) is 0 Å². The number of phenolic OH excluding ortho intramolecular Hbond substituents is 1. The molecule has 0 spiro atoms. The molecule has 0 aromatic heterocycles. The highest BCUT2D eigenvalue weighted by molar-refractivity contribution is 9.11. The summed E-state index contributed by atoms with van der Waals surface area (Å²) in [7, 11) is 0. The minimum Gasteiger partial charge on any atom is -0.506 e. The number of nitrogens with zero attached hydrogens (tertiary/aromatic N) is 1. The molecule has 4 heteroatoms. The summed E-state index contributed by atoms with van der Waals surface area (Å²) in [6.07, 6.45) is 0. The molecular weight excluding hydrogens is 274 g/mol. The Morgan fingerprint density at radius 1 is 1.45 bits per heavy atom. The highest BCUT2D eigenvalue weighted by Crippen LogP contribution is 2.32. The fraction of sp³-hybridized carbons (Fsp3) is 0. The SMILES string of the molecule is [2H]c1c(Br)c(O)c(Br)c([2H])c1C#N. The van der Waals surface area contributed by atoms with Crippen LogP contribution in [0.2, 0.25) is 0 Å². The predicted molar refractivity (Wildman–Crippen MR) is 48.2 cm³/mol. The molecule has 1 rings (SSSR count). The fourth-order valence-electron chi connectivity index (χ4n) is 0.521. The van der Waals surface area contributed by atoms with Gasteiger partial charge in [0, 0.05) is 0 Å². The molecule has 0 saturated carbocycles. The fourth-order valence-corrected chi connectivity index (χ4v) is 1.58. The molecule has 0 fully saturated rings. The molecule has 1 N–H and O–H groups in total. The van der Waals surface area contributed by atoms with Crippen molar-refractivity contribution in [3.8, 4) is 11.8 Å². The molecule has 2 nitrogen and oxygen atoms in total. The van der Waals surface area contributed by atoms with Crippen LogP contribution in [0.15, 0.2) is 21.0 Å². The summed E-state index contributed by atoms with van der Waals surface area (Å²) in [6.45, 7) is 0. The molecule has 1 aromatic carbocycles. The number of rotatable bonds is 0. The first-order chi connectivity index (χ1) is 6.00. The summed E-state index contributed by atoms with van der Waals surface area (Å²) in [6, 6.07) is 1.38. The lowest BCUT2D eigenvalue weighted by Gasteiger charge is -1.99. The Kier molecular flexibility index (Phi) is 1.78. The molecule has 0 atom stereocenters. The van der Waals surface area contributed by atoms with Gasteiger partial charge in [-0.1, -0.05) is 0 Å². The quantitative estimate of drug-likeness (QED) is 0.793. The number of aromatic hydroxyl groups is 1. The molecule has 0 radical (unpaired) electrons. The average molecular weight is 279 g/mol. The maximum Gasteiger partial charge on any atom is 0.144 e. The number of halogens is 2. The van der Waals surface area contributed by atoms with E-state index in [4.69, 9.17) is 8.00 Å². The molecule has 56 valence electrons. The lowest BCUT2D eigenvalue weighted by atomic mass is 10.2. The van der Waals surface area contributed by atoms with Crippen LogP contribution in [0.3, 0.4) is 0 Å². The number of benzene rings is 1. The van der Waals surface area contributed by atoms with Crippen molar-refractivity contribution in [3.63, 3.8) is 0 Å². The Morgan fingerprint density at radius 2 is 1.91 bits per heavy atom. The van der Waals surface area contributed by atoms with E-state index in [9.17, 15) is 5.11 Å². The highest BCUT2D eigenvalue weighted by atomic mass is 79.9. The van der Waals surface area contributed by atoms with E-state index in [1.54, 1.807) is 6.07 Å². The van der Waals surface area contributed by atoms with Crippen LogP contribution in [0.4, 0.5) is 0 Å². The summed E-state index contributed by atoms with van der Waals surface area (Å²) in [5.74, 6) is -0.228. The van der Waals surface area contributed by atoms with Crippen molar-refractivity contribution < 1.29 is 7.85 Å². The van der Waals surface area contributed by atoms with Crippen molar-refractivity contribution in [2.45, 2.75) is 0 Å². The van der Waals surface area contributed by atoms with E-state index < -0.39 is 0 Å². The lowest BCUT2D eigenvalue weighted by Crippen LogP contribution is -1.76. The van der Waals surface area contributed by atoms with Crippen LogP contribution in [0.25, 0.3) is 0 Å². The molecule has 0 heterocycles. The van der Waals surface area contributed by atoms with Gasteiger partial charge in [-0.05, 0) is 43.9 Å². The van der Waals surface area contributed by atoms with Crippen molar-refractivity contribution in [2.75, 3.05) is 0 Å².